The van der Waals surface area contributed by atoms with Crippen LogP contribution < -0.4 is 5.32 Å². The molecule has 2 aromatic carbocycles. The van der Waals surface area contributed by atoms with Gasteiger partial charge in [-0.1, -0.05) is 30.3 Å². The van der Waals surface area contributed by atoms with E-state index in [-0.39, 0.29) is 5.78 Å². The number of benzene rings is 2. The molecule has 3 nitrogen and oxygen atoms in total. The number of allylic oxidation sites excluding steroid dienone is 1. The second-order valence-corrected chi connectivity index (χ2v) is 4.98. The van der Waals surface area contributed by atoms with Crippen LogP contribution in [0.5, 0.6) is 0 Å². The van der Waals surface area contributed by atoms with Gasteiger partial charge in [-0.05, 0) is 35.9 Å². The van der Waals surface area contributed by atoms with E-state index in [1.54, 1.807) is 6.20 Å². The molecule has 0 spiro atoms. The summed E-state index contributed by atoms with van der Waals surface area (Å²) in [6, 6.07) is 17.4. The van der Waals surface area contributed by atoms with Crippen molar-refractivity contribution in [1.82, 2.24) is 4.98 Å². The summed E-state index contributed by atoms with van der Waals surface area (Å²) in [7, 11) is 0. The molecule has 1 aliphatic heterocycles. The Balaban J connectivity index is 1.84. The fourth-order valence-electron chi connectivity index (χ4n) is 2.64. The molecular formula is C18H12N2O. The molecule has 3 heteroatoms. The Kier molecular flexibility index (Phi) is 2.57. The Morgan fingerprint density at radius 2 is 1.76 bits per heavy atom. The first-order valence-corrected chi connectivity index (χ1v) is 6.79. The molecule has 0 amide bonds. The van der Waals surface area contributed by atoms with E-state index in [0.29, 0.717) is 5.70 Å². The van der Waals surface area contributed by atoms with Gasteiger partial charge in [0.05, 0.1) is 11.2 Å². The maximum Gasteiger partial charge on any atom is 0.211 e. The number of carbonyl (C=O) groups excluding carboxylic acids is 1. The summed E-state index contributed by atoms with van der Waals surface area (Å²) in [4.78, 5) is 16.7. The number of ketones is 1. The van der Waals surface area contributed by atoms with Crippen molar-refractivity contribution < 1.29 is 4.79 Å². The van der Waals surface area contributed by atoms with E-state index in [9.17, 15) is 4.79 Å². The molecule has 1 aromatic heterocycles. The highest BCUT2D eigenvalue weighted by Gasteiger charge is 2.23. The highest BCUT2D eigenvalue weighted by Crippen LogP contribution is 2.29. The standard InChI is InChI=1S/C18H12N2O/c21-18-14-6-2-4-8-16(14)20-17(18)11-12-9-10-19-15-7-3-1-5-13(12)15/h1-11,20H. The highest BCUT2D eigenvalue weighted by atomic mass is 16.1. The third-order valence-electron chi connectivity index (χ3n) is 3.67. The first kappa shape index (κ1) is 11.9. The van der Waals surface area contributed by atoms with Gasteiger partial charge < -0.3 is 5.32 Å². The van der Waals surface area contributed by atoms with E-state index in [2.05, 4.69) is 10.3 Å². The SMILES string of the molecule is O=C1C(=Cc2ccnc3ccccc23)Nc2ccccc21. The predicted octanol–water partition coefficient (Wildman–Crippen LogP) is 3.88. The van der Waals surface area contributed by atoms with Crippen LogP contribution in [0.3, 0.4) is 0 Å². The molecule has 0 radical (unpaired) electrons. The van der Waals surface area contributed by atoms with Crippen LogP contribution in [0.1, 0.15) is 15.9 Å². The van der Waals surface area contributed by atoms with Crippen LogP contribution in [0.25, 0.3) is 17.0 Å². The number of rotatable bonds is 1. The Morgan fingerprint density at radius 1 is 0.952 bits per heavy atom. The number of nitrogens with one attached hydrogen (secondary N) is 1. The molecule has 0 unspecified atom stereocenters. The summed E-state index contributed by atoms with van der Waals surface area (Å²) in [5.74, 6) is 0.0338. The van der Waals surface area contributed by atoms with Crippen LogP contribution in [-0.2, 0) is 0 Å². The van der Waals surface area contributed by atoms with Gasteiger partial charge in [0.1, 0.15) is 0 Å². The summed E-state index contributed by atoms with van der Waals surface area (Å²) in [5, 5.41) is 4.23. The van der Waals surface area contributed by atoms with Gasteiger partial charge in [-0.3, -0.25) is 9.78 Å². The number of fused-ring (bicyclic) bond motifs is 2. The molecule has 0 fully saturated rings. The molecule has 0 bridgehead atoms. The Bertz CT molecular complexity index is 891. The second kappa shape index (κ2) is 4.56. The fraction of sp³-hybridized carbons (Fsp3) is 0. The minimum absolute atomic E-state index is 0.0338. The summed E-state index contributed by atoms with van der Waals surface area (Å²) >= 11 is 0. The molecule has 0 saturated heterocycles. The van der Waals surface area contributed by atoms with Crippen LogP contribution >= 0.6 is 0 Å². The molecule has 1 N–H and O–H groups in total. The number of carbonyl (C=O) groups is 1. The van der Waals surface area contributed by atoms with E-state index in [1.807, 2.05) is 60.7 Å². The van der Waals surface area contributed by atoms with Gasteiger partial charge in [-0.15, -0.1) is 0 Å². The summed E-state index contributed by atoms with van der Waals surface area (Å²) in [6.07, 6.45) is 3.66. The van der Waals surface area contributed by atoms with Gasteiger partial charge in [-0.25, -0.2) is 0 Å². The van der Waals surface area contributed by atoms with Crippen molar-refractivity contribution in [3.05, 3.63) is 77.6 Å². The number of aromatic nitrogens is 1. The first-order valence-electron chi connectivity index (χ1n) is 6.79. The average molecular weight is 272 g/mol. The lowest BCUT2D eigenvalue weighted by Gasteiger charge is -2.03. The van der Waals surface area contributed by atoms with Crippen molar-refractivity contribution in [3.63, 3.8) is 0 Å². The van der Waals surface area contributed by atoms with Crippen molar-refractivity contribution in [1.29, 1.82) is 0 Å². The van der Waals surface area contributed by atoms with Gasteiger partial charge in [0.2, 0.25) is 5.78 Å². The van der Waals surface area contributed by atoms with Crippen LogP contribution in [0.2, 0.25) is 0 Å². The van der Waals surface area contributed by atoms with Gasteiger partial charge in [0, 0.05) is 22.8 Å². The lowest BCUT2D eigenvalue weighted by atomic mass is 10.1. The number of pyridine rings is 1. The third-order valence-corrected chi connectivity index (χ3v) is 3.67. The number of hydrogen-bond donors (Lipinski definition) is 1. The average Bonchev–Trinajstić information content (AvgIpc) is 2.85. The maximum absolute atomic E-state index is 12.4. The van der Waals surface area contributed by atoms with E-state index in [4.69, 9.17) is 0 Å². The number of anilines is 1. The molecule has 0 atom stereocenters. The zero-order valence-electron chi connectivity index (χ0n) is 11.2. The molecule has 0 aliphatic carbocycles. The molecule has 1 aliphatic rings. The number of para-hydroxylation sites is 2. The molecular weight excluding hydrogens is 260 g/mol. The highest BCUT2D eigenvalue weighted by molar-refractivity contribution is 6.20. The Labute approximate surface area is 122 Å². The molecule has 21 heavy (non-hydrogen) atoms. The van der Waals surface area contributed by atoms with E-state index in [0.717, 1.165) is 27.7 Å². The number of Topliss-reactive ketones (excluding diaryl/α,β-unsaturated/α-hetero) is 1. The van der Waals surface area contributed by atoms with Crippen molar-refractivity contribution in [3.8, 4) is 0 Å². The molecule has 4 rings (SSSR count). The Hall–Kier alpha value is -2.94. The van der Waals surface area contributed by atoms with Crippen LogP contribution in [0, 0.1) is 0 Å². The van der Waals surface area contributed by atoms with Crippen LogP contribution in [-0.4, -0.2) is 10.8 Å². The zero-order chi connectivity index (χ0) is 14.2. The number of hydrogen-bond acceptors (Lipinski definition) is 3. The van der Waals surface area contributed by atoms with Gasteiger partial charge in [0.15, 0.2) is 0 Å². The van der Waals surface area contributed by atoms with Crippen LogP contribution in [0.4, 0.5) is 5.69 Å². The van der Waals surface area contributed by atoms with Gasteiger partial charge in [0.25, 0.3) is 0 Å². The Morgan fingerprint density at radius 3 is 2.67 bits per heavy atom. The largest absolute Gasteiger partial charge is 0.352 e. The molecule has 0 saturated carbocycles. The van der Waals surface area contributed by atoms with E-state index < -0.39 is 0 Å². The predicted molar refractivity (Wildman–Crippen MR) is 84.1 cm³/mol. The zero-order valence-corrected chi connectivity index (χ0v) is 11.2. The summed E-state index contributed by atoms with van der Waals surface area (Å²) < 4.78 is 0. The minimum Gasteiger partial charge on any atom is -0.352 e. The van der Waals surface area contributed by atoms with Crippen molar-refractivity contribution in [2.24, 2.45) is 0 Å². The molecule has 100 valence electrons. The van der Waals surface area contributed by atoms with Gasteiger partial charge >= 0.3 is 0 Å². The lowest BCUT2D eigenvalue weighted by molar-refractivity contribution is 0.104. The monoisotopic (exact) mass is 272 g/mol. The minimum atomic E-state index is 0.0338. The summed E-state index contributed by atoms with van der Waals surface area (Å²) in [5.41, 5.74) is 4.11. The first-order chi connectivity index (χ1) is 10.3. The quantitative estimate of drug-likeness (QED) is 0.683. The third kappa shape index (κ3) is 1.91. The fourth-order valence-corrected chi connectivity index (χ4v) is 2.64. The molecule has 2 heterocycles. The van der Waals surface area contributed by atoms with Crippen molar-refractivity contribution >= 4 is 28.4 Å². The maximum atomic E-state index is 12.4. The normalized spacial score (nSPS) is 15.2. The van der Waals surface area contributed by atoms with Crippen molar-refractivity contribution in [2.45, 2.75) is 0 Å². The molecule has 3 aromatic rings. The van der Waals surface area contributed by atoms with Gasteiger partial charge in [-0.2, -0.15) is 0 Å². The van der Waals surface area contributed by atoms with E-state index in [1.165, 1.54) is 0 Å². The topological polar surface area (TPSA) is 42.0 Å². The summed E-state index contributed by atoms with van der Waals surface area (Å²) in [6.45, 7) is 0. The van der Waals surface area contributed by atoms with Crippen LogP contribution in [0.15, 0.2) is 66.5 Å². The lowest BCUT2D eigenvalue weighted by Crippen LogP contribution is -1.99. The van der Waals surface area contributed by atoms with E-state index >= 15 is 0 Å². The second-order valence-electron chi connectivity index (χ2n) is 4.98. The van der Waals surface area contributed by atoms with Crippen molar-refractivity contribution in [2.75, 3.05) is 5.32 Å². The smallest absolute Gasteiger partial charge is 0.211 e. The number of nitrogens with zero attached hydrogens (tertiary/aromatic N) is 1.